The van der Waals surface area contributed by atoms with Crippen molar-refractivity contribution in [1.82, 2.24) is 0 Å². The summed E-state index contributed by atoms with van der Waals surface area (Å²) in [5.41, 5.74) is 8.66. The largest absolute Gasteiger partial charge is 0.330 e. The molecule has 0 saturated heterocycles. The molecule has 0 radical (unpaired) electrons. The average molecular weight is 279 g/mol. The molecule has 20 heavy (non-hydrogen) atoms. The van der Waals surface area contributed by atoms with E-state index in [9.17, 15) is 0 Å². The Morgan fingerprint density at radius 3 is 2.45 bits per heavy atom. The third-order valence-electron chi connectivity index (χ3n) is 4.15. The molecule has 0 saturated carbocycles. The maximum absolute atomic E-state index is 5.71. The van der Waals surface area contributed by atoms with Crippen molar-refractivity contribution in [2.24, 2.45) is 21.1 Å². The summed E-state index contributed by atoms with van der Waals surface area (Å²) < 4.78 is 0. The topological polar surface area (TPSA) is 50.7 Å². The molecule has 116 valence electrons. The van der Waals surface area contributed by atoms with Crippen LogP contribution in [0.1, 0.15) is 72.6 Å². The number of nitrogens with zero attached hydrogens (tertiary/aromatic N) is 2. The van der Waals surface area contributed by atoms with Crippen molar-refractivity contribution in [2.75, 3.05) is 13.1 Å². The Balaban J connectivity index is 2.64. The maximum Gasteiger partial charge on any atom is 0.0876 e. The zero-order valence-corrected chi connectivity index (χ0v) is 13.9. The number of aliphatic imine (C=N–C) groups is 2. The summed E-state index contributed by atoms with van der Waals surface area (Å²) in [6.45, 7) is 10.7. The second kappa shape index (κ2) is 8.56. The highest BCUT2D eigenvalue weighted by Gasteiger charge is 2.23. The molecule has 0 spiro atoms. The standard InChI is InChI=1S/C17H33N3/c1-5-7-14-13-19-15(8-6-2)16(20-14)9-10-17(3,4)11-12-18/h16H,5-13,18H2,1-4H3/t16-/m1/s1. The third-order valence-corrected chi connectivity index (χ3v) is 4.15. The van der Waals surface area contributed by atoms with Crippen molar-refractivity contribution in [3.8, 4) is 0 Å². The van der Waals surface area contributed by atoms with Gasteiger partial charge >= 0.3 is 0 Å². The Labute approximate surface area is 125 Å². The molecule has 1 aliphatic heterocycles. The van der Waals surface area contributed by atoms with E-state index in [1.165, 1.54) is 30.7 Å². The van der Waals surface area contributed by atoms with Crippen molar-refractivity contribution in [2.45, 2.75) is 78.7 Å². The average Bonchev–Trinajstić information content (AvgIpc) is 2.39. The van der Waals surface area contributed by atoms with Crippen LogP contribution in [0.3, 0.4) is 0 Å². The second-order valence-corrected chi connectivity index (χ2v) is 6.76. The van der Waals surface area contributed by atoms with Gasteiger partial charge in [-0.1, -0.05) is 40.5 Å². The summed E-state index contributed by atoms with van der Waals surface area (Å²) in [6, 6.07) is 0.335. The van der Waals surface area contributed by atoms with Crippen LogP contribution in [0.2, 0.25) is 0 Å². The molecule has 0 aromatic carbocycles. The Morgan fingerprint density at radius 2 is 1.85 bits per heavy atom. The Morgan fingerprint density at radius 1 is 1.15 bits per heavy atom. The first kappa shape index (κ1) is 17.4. The molecule has 0 amide bonds. The van der Waals surface area contributed by atoms with Crippen molar-refractivity contribution >= 4 is 11.4 Å². The monoisotopic (exact) mass is 279 g/mol. The Kier molecular flexibility index (Phi) is 7.42. The summed E-state index contributed by atoms with van der Waals surface area (Å²) in [5.74, 6) is 0. The van der Waals surface area contributed by atoms with Crippen molar-refractivity contribution < 1.29 is 0 Å². The molecule has 2 N–H and O–H groups in total. The zero-order chi connectivity index (χ0) is 15.0. The fourth-order valence-electron chi connectivity index (χ4n) is 2.84. The summed E-state index contributed by atoms with van der Waals surface area (Å²) in [6.07, 6.45) is 7.94. The van der Waals surface area contributed by atoms with Crippen LogP contribution in [0.5, 0.6) is 0 Å². The molecule has 0 fully saturated rings. The minimum Gasteiger partial charge on any atom is -0.330 e. The fourth-order valence-corrected chi connectivity index (χ4v) is 2.84. The van der Waals surface area contributed by atoms with Crippen molar-refractivity contribution in [1.29, 1.82) is 0 Å². The number of nitrogens with two attached hydrogens (primary N) is 1. The van der Waals surface area contributed by atoms with E-state index in [-0.39, 0.29) is 0 Å². The Bertz CT molecular complexity index is 342. The van der Waals surface area contributed by atoms with E-state index in [0.717, 1.165) is 38.8 Å². The minimum absolute atomic E-state index is 0.323. The highest BCUT2D eigenvalue weighted by molar-refractivity contribution is 5.99. The third kappa shape index (κ3) is 5.74. The lowest BCUT2D eigenvalue weighted by Gasteiger charge is -2.28. The van der Waals surface area contributed by atoms with E-state index in [1.54, 1.807) is 0 Å². The molecule has 1 rings (SSSR count). The molecule has 1 atom stereocenters. The van der Waals surface area contributed by atoms with E-state index in [0.29, 0.717) is 11.5 Å². The van der Waals surface area contributed by atoms with Crippen LogP contribution >= 0.6 is 0 Å². The van der Waals surface area contributed by atoms with E-state index in [1.807, 2.05) is 0 Å². The van der Waals surface area contributed by atoms with Crippen LogP contribution in [0.4, 0.5) is 0 Å². The molecular formula is C17H33N3. The Hall–Kier alpha value is -0.700. The van der Waals surface area contributed by atoms with Gasteiger partial charge in [-0.25, -0.2) is 0 Å². The van der Waals surface area contributed by atoms with Gasteiger partial charge in [0.2, 0.25) is 0 Å². The van der Waals surface area contributed by atoms with Crippen molar-refractivity contribution in [3.05, 3.63) is 0 Å². The minimum atomic E-state index is 0.323. The van der Waals surface area contributed by atoms with Gasteiger partial charge < -0.3 is 5.73 Å². The second-order valence-electron chi connectivity index (χ2n) is 6.76. The van der Waals surface area contributed by atoms with Crippen LogP contribution in [-0.4, -0.2) is 30.6 Å². The SMILES string of the molecule is CCCC1=N[C@H](CCC(C)(C)CCN)C(CCC)=NC1. The van der Waals surface area contributed by atoms with E-state index in [4.69, 9.17) is 15.7 Å². The van der Waals surface area contributed by atoms with Gasteiger partial charge in [0.1, 0.15) is 0 Å². The van der Waals surface area contributed by atoms with Gasteiger partial charge in [-0.15, -0.1) is 0 Å². The molecule has 0 unspecified atom stereocenters. The van der Waals surface area contributed by atoms with Gasteiger partial charge in [-0.2, -0.15) is 0 Å². The predicted molar refractivity (Wildman–Crippen MR) is 90.0 cm³/mol. The van der Waals surface area contributed by atoms with Crippen LogP contribution in [0.15, 0.2) is 9.98 Å². The smallest absolute Gasteiger partial charge is 0.0876 e. The summed E-state index contributed by atoms with van der Waals surface area (Å²) >= 11 is 0. The van der Waals surface area contributed by atoms with Crippen molar-refractivity contribution in [3.63, 3.8) is 0 Å². The summed E-state index contributed by atoms with van der Waals surface area (Å²) in [7, 11) is 0. The molecule has 0 aromatic rings. The lowest BCUT2D eigenvalue weighted by Crippen LogP contribution is -2.29. The van der Waals surface area contributed by atoms with Gasteiger partial charge in [0.05, 0.1) is 12.6 Å². The molecule has 3 heteroatoms. The first-order chi connectivity index (χ1) is 9.52. The lowest BCUT2D eigenvalue weighted by molar-refractivity contribution is 0.301. The number of rotatable bonds is 9. The molecular weight excluding hydrogens is 246 g/mol. The maximum atomic E-state index is 5.71. The fraction of sp³-hybridized carbons (Fsp3) is 0.882. The molecule has 1 heterocycles. The normalized spacial score (nSPS) is 19.8. The van der Waals surface area contributed by atoms with E-state index < -0.39 is 0 Å². The number of hydrogen-bond donors (Lipinski definition) is 1. The summed E-state index contributed by atoms with van der Waals surface area (Å²) in [4.78, 5) is 9.80. The molecule has 0 bridgehead atoms. The quantitative estimate of drug-likeness (QED) is 0.681. The predicted octanol–water partition coefficient (Wildman–Crippen LogP) is 4.01. The zero-order valence-electron chi connectivity index (χ0n) is 13.9. The van der Waals surface area contributed by atoms with E-state index >= 15 is 0 Å². The van der Waals surface area contributed by atoms with Gasteiger partial charge in [-0.05, 0) is 44.1 Å². The van der Waals surface area contributed by atoms with Gasteiger partial charge in [0.25, 0.3) is 0 Å². The molecule has 3 nitrogen and oxygen atoms in total. The molecule has 0 aliphatic carbocycles. The first-order valence-corrected chi connectivity index (χ1v) is 8.31. The van der Waals surface area contributed by atoms with Gasteiger partial charge in [0.15, 0.2) is 0 Å². The highest BCUT2D eigenvalue weighted by Crippen LogP contribution is 2.28. The summed E-state index contributed by atoms with van der Waals surface area (Å²) in [5, 5.41) is 0. The lowest BCUT2D eigenvalue weighted by atomic mass is 9.82. The number of hydrogen-bond acceptors (Lipinski definition) is 3. The van der Waals surface area contributed by atoms with Crippen LogP contribution < -0.4 is 5.73 Å². The first-order valence-electron chi connectivity index (χ1n) is 8.31. The van der Waals surface area contributed by atoms with Gasteiger partial charge in [0, 0.05) is 11.4 Å². The van der Waals surface area contributed by atoms with Gasteiger partial charge in [-0.3, -0.25) is 9.98 Å². The van der Waals surface area contributed by atoms with E-state index in [2.05, 4.69) is 27.7 Å². The molecule has 1 aliphatic rings. The van der Waals surface area contributed by atoms with Crippen LogP contribution in [-0.2, 0) is 0 Å². The van der Waals surface area contributed by atoms with Crippen LogP contribution in [0.25, 0.3) is 0 Å². The highest BCUT2D eigenvalue weighted by atomic mass is 14.9. The molecule has 0 aromatic heterocycles. The van der Waals surface area contributed by atoms with Crippen LogP contribution in [0, 0.1) is 5.41 Å².